The molecule has 96 valence electrons. The van der Waals surface area contributed by atoms with Crippen LogP contribution in [0.15, 0.2) is 40.9 Å². The summed E-state index contributed by atoms with van der Waals surface area (Å²) >= 11 is 3.05. The van der Waals surface area contributed by atoms with Crippen molar-refractivity contribution in [2.24, 2.45) is 0 Å². The molecule has 0 saturated carbocycles. The van der Waals surface area contributed by atoms with Crippen LogP contribution in [0.2, 0.25) is 0 Å². The van der Waals surface area contributed by atoms with Gasteiger partial charge in [0.25, 0.3) is 0 Å². The molecule has 0 unspecified atom stereocenters. The van der Waals surface area contributed by atoms with Gasteiger partial charge in [-0.25, -0.2) is 8.78 Å². The fraction of sp³-hybridized carbons (Fsp3) is 0.0714. The number of anilines is 1. The summed E-state index contributed by atoms with van der Waals surface area (Å²) in [5.41, 5.74) is 1.43. The molecule has 0 atom stereocenters. The molecule has 0 aromatic heterocycles. The molecule has 19 heavy (non-hydrogen) atoms. The number of rotatable bonds is 1. The van der Waals surface area contributed by atoms with Crippen LogP contribution in [0.4, 0.5) is 14.5 Å². The van der Waals surface area contributed by atoms with Crippen molar-refractivity contribution in [1.82, 2.24) is 0 Å². The Morgan fingerprint density at radius 3 is 2.37 bits per heavy atom. The molecule has 0 bridgehead atoms. The molecule has 1 N–H and O–H groups in total. The van der Waals surface area contributed by atoms with Crippen LogP contribution in [0.25, 0.3) is 0 Å². The van der Waals surface area contributed by atoms with Crippen LogP contribution < -0.4 is 4.90 Å². The monoisotopic (exact) mass is 322 g/mol. The maximum Gasteiger partial charge on any atom is 0.151 e. The lowest BCUT2D eigenvalue weighted by molar-refractivity contribution is 0.580. The van der Waals surface area contributed by atoms with E-state index in [-0.39, 0.29) is 11.5 Å². The maximum absolute atomic E-state index is 14.0. The summed E-state index contributed by atoms with van der Waals surface area (Å²) in [5, 5.41) is 8.05. The molecule has 2 aromatic carbocycles. The van der Waals surface area contributed by atoms with Crippen LogP contribution in [0.3, 0.4) is 0 Å². The van der Waals surface area contributed by atoms with Crippen LogP contribution in [0, 0.1) is 17.0 Å². The third kappa shape index (κ3) is 1.94. The summed E-state index contributed by atoms with van der Waals surface area (Å²) < 4.78 is 28.2. The third-order valence-electron chi connectivity index (χ3n) is 3.12. The zero-order valence-corrected chi connectivity index (χ0v) is 11.3. The molecular weight excluding hydrogens is 314 g/mol. The van der Waals surface area contributed by atoms with Crippen molar-refractivity contribution in [3.63, 3.8) is 0 Å². The van der Waals surface area contributed by atoms with E-state index in [2.05, 4.69) is 15.9 Å². The highest BCUT2D eigenvalue weighted by Gasteiger charge is 2.29. The number of nitrogens with zero attached hydrogens (tertiary/aromatic N) is 1. The summed E-state index contributed by atoms with van der Waals surface area (Å²) in [6.45, 7) is 0.310. The first-order valence-corrected chi connectivity index (χ1v) is 6.46. The number of amidine groups is 1. The fourth-order valence-corrected chi connectivity index (χ4v) is 2.67. The molecule has 1 aliphatic rings. The predicted octanol–water partition coefficient (Wildman–Crippen LogP) is 4.07. The van der Waals surface area contributed by atoms with Gasteiger partial charge in [-0.15, -0.1) is 0 Å². The van der Waals surface area contributed by atoms with Crippen molar-refractivity contribution < 1.29 is 8.78 Å². The third-order valence-corrected chi connectivity index (χ3v) is 3.58. The van der Waals surface area contributed by atoms with Gasteiger partial charge in [0.05, 0.1) is 6.54 Å². The highest BCUT2D eigenvalue weighted by atomic mass is 79.9. The maximum atomic E-state index is 14.0. The first kappa shape index (κ1) is 12.3. The van der Waals surface area contributed by atoms with Crippen LogP contribution >= 0.6 is 15.9 Å². The van der Waals surface area contributed by atoms with E-state index in [1.165, 1.54) is 17.0 Å². The van der Waals surface area contributed by atoms with Gasteiger partial charge in [0.2, 0.25) is 0 Å². The van der Waals surface area contributed by atoms with Gasteiger partial charge in [-0.05, 0) is 17.7 Å². The van der Waals surface area contributed by atoms with Crippen molar-refractivity contribution in [1.29, 1.82) is 5.41 Å². The topological polar surface area (TPSA) is 27.1 Å². The highest BCUT2D eigenvalue weighted by molar-refractivity contribution is 9.10. The van der Waals surface area contributed by atoms with E-state index in [0.29, 0.717) is 16.6 Å². The molecule has 0 spiro atoms. The Labute approximate surface area is 117 Å². The molecule has 1 heterocycles. The number of fused-ring (bicyclic) bond motifs is 1. The highest BCUT2D eigenvalue weighted by Crippen LogP contribution is 2.33. The van der Waals surface area contributed by atoms with Crippen LogP contribution in [0.5, 0.6) is 0 Å². The van der Waals surface area contributed by atoms with E-state index in [1.807, 2.05) is 18.2 Å². The second kappa shape index (κ2) is 4.42. The number of hydrogen-bond acceptors (Lipinski definition) is 1. The average molecular weight is 323 g/mol. The molecular formula is C14H9BrF2N2. The molecule has 0 aliphatic carbocycles. The van der Waals surface area contributed by atoms with E-state index >= 15 is 0 Å². The standard InChI is InChI=1S/C14H9BrF2N2/c15-9-5-11(16)13(12(17)6-9)19-7-8-3-1-2-4-10(8)14(19)18/h1-6,18H,7H2. The Morgan fingerprint density at radius 1 is 1.11 bits per heavy atom. The van der Waals surface area contributed by atoms with Gasteiger partial charge in [-0.1, -0.05) is 40.2 Å². The van der Waals surface area contributed by atoms with Crippen LogP contribution in [0.1, 0.15) is 11.1 Å². The number of nitrogens with one attached hydrogen (secondary N) is 1. The molecule has 0 radical (unpaired) electrons. The minimum atomic E-state index is -0.676. The van der Waals surface area contributed by atoms with E-state index in [4.69, 9.17) is 5.41 Å². The quantitative estimate of drug-likeness (QED) is 0.841. The smallest absolute Gasteiger partial charge is 0.151 e. The predicted molar refractivity (Wildman–Crippen MR) is 73.5 cm³/mol. The van der Waals surface area contributed by atoms with Gasteiger partial charge in [0.1, 0.15) is 11.5 Å². The summed E-state index contributed by atoms with van der Waals surface area (Å²) in [5.74, 6) is -1.23. The molecule has 0 fully saturated rings. The summed E-state index contributed by atoms with van der Waals surface area (Å²) in [6.07, 6.45) is 0. The first-order valence-electron chi connectivity index (χ1n) is 5.67. The molecule has 5 heteroatoms. The zero-order valence-electron chi connectivity index (χ0n) is 9.75. The van der Waals surface area contributed by atoms with Crippen molar-refractivity contribution in [3.8, 4) is 0 Å². The van der Waals surface area contributed by atoms with Gasteiger partial charge < -0.3 is 4.90 Å². The van der Waals surface area contributed by atoms with Crippen molar-refractivity contribution in [2.75, 3.05) is 4.90 Å². The largest absolute Gasteiger partial charge is 0.317 e. The Morgan fingerprint density at radius 2 is 1.74 bits per heavy atom. The zero-order chi connectivity index (χ0) is 13.6. The van der Waals surface area contributed by atoms with Gasteiger partial charge in [-0.2, -0.15) is 0 Å². The Bertz CT molecular complexity index is 662. The van der Waals surface area contributed by atoms with Crippen LogP contribution in [-0.2, 0) is 6.54 Å². The van der Waals surface area contributed by atoms with Crippen LogP contribution in [-0.4, -0.2) is 5.84 Å². The number of benzene rings is 2. The number of halogens is 3. The lowest BCUT2D eigenvalue weighted by Gasteiger charge is -2.19. The second-order valence-corrected chi connectivity index (χ2v) is 5.23. The minimum absolute atomic E-state index is 0.121. The first-order chi connectivity index (χ1) is 9.08. The van der Waals surface area contributed by atoms with Gasteiger partial charge in [-0.3, -0.25) is 5.41 Å². The Kier molecular flexibility index (Phi) is 2.86. The SMILES string of the molecule is N=C1c2ccccc2CN1c1c(F)cc(Br)cc1F. The normalized spacial score (nSPS) is 13.8. The average Bonchev–Trinajstić information content (AvgIpc) is 2.66. The van der Waals surface area contributed by atoms with E-state index in [9.17, 15) is 8.78 Å². The van der Waals surface area contributed by atoms with Crippen molar-refractivity contribution in [2.45, 2.75) is 6.54 Å². The van der Waals surface area contributed by atoms with Gasteiger partial charge in [0.15, 0.2) is 11.6 Å². The van der Waals surface area contributed by atoms with Gasteiger partial charge in [0, 0.05) is 10.0 Å². The molecule has 2 aromatic rings. The van der Waals surface area contributed by atoms with Gasteiger partial charge >= 0.3 is 0 Å². The molecule has 2 nitrogen and oxygen atoms in total. The summed E-state index contributed by atoms with van der Waals surface area (Å²) in [6, 6.07) is 9.71. The number of hydrogen-bond donors (Lipinski definition) is 1. The van der Waals surface area contributed by atoms with E-state index in [0.717, 1.165) is 5.56 Å². The fourth-order valence-electron chi connectivity index (χ4n) is 2.27. The van der Waals surface area contributed by atoms with Crippen molar-refractivity contribution >= 4 is 27.5 Å². The summed E-state index contributed by atoms with van der Waals surface area (Å²) in [7, 11) is 0. The molecule has 0 saturated heterocycles. The lowest BCUT2D eigenvalue weighted by Crippen LogP contribution is -2.25. The molecule has 0 amide bonds. The summed E-state index contributed by atoms with van der Waals surface area (Å²) in [4.78, 5) is 1.35. The second-order valence-electron chi connectivity index (χ2n) is 4.31. The Hall–Kier alpha value is -1.75. The lowest BCUT2D eigenvalue weighted by atomic mass is 10.1. The van der Waals surface area contributed by atoms with E-state index in [1.54, 1.807) is 6.07 Å². The molecule has 1 aliphatic heterocycles. The Balaban J connectivity index is 2.10. The van der Waals surface area contributed by atoms with E-state index < -0.39 is 11.6 Å². The van der Waals surface area contributed by atoms with Crippen molar-refractivity contribution in [3.05, 3.63) is 63.6 Å². The molecule has 3 rings (SSSR count). The minimum Gasteiger partial charge on any atom is -0.317 e.